The summed E-state index contributed by atoms with van der Waals surface area (Å²) in [7, 11) is 1.67. The third-order valence-electron chi connectivity index (χ3n) is 4.03. The number of carbonyl (C=O) groups is 1. The largest absolute Gasteiger partial charge is 0.385 e. The van der Waals surface area contributed by atoms with Crippen LogP contribution < -0.4 is 5.32 Å². The van der Waals surface area contributed by atoms with Gasteiger partial charge in [-0.15, -0.1) is 0 Å². The van der Waals surface area contributed by atoms with Crippen LogP contribution in [0.25, 0.3) is 10.9 Å². The highest BCUT2D eigenvalue weighted by Gasteiger charge is 2.12. The summed E-state index contributed by atoms with van der Waals surface area (Å²) in [6.45, 7) is 8.63. The molecule has 1 heterocycles. The monoisotopic (exact) mass is 288 g/mol. The van der Waals surface area contributed by atoms with Crippen LogP contribution >= 0.6 is 0 Å². The second-order valence-corrected chi connectivity index (χ2v) is 5.29. The number of nitrogens with one attached hydrogen (secondary N) is 1. The minimum absolute atomic E-state index is 0.0192. The first kappa shape index (κ1) is 15.6. The van der Waals surface area contributed by atoms with E-state index in [1.165, 1.54) is 22.2 Å². The molecule has 0 aliphatic carbocycles. The molecule has 0 saturated heterocycles. The Kier molecular flexibility index (Phi) is 5.02. The van der Waals surface area contributed by atoms with Crippen molar-refractivity contribution in [1.82, 2.24) is 9.88 Å². The van der Waals surface area contributed by atoms with E-state index in [1.807, 2.05) is 18.2 Å². The number of fused-ring (bicyclic) bond motifs is 1. The van der Waals surface area contributed by atoms with Crippen molar-refractivity contribution < 1.29 is 9.53 Å². The van der Waals surface area contributed by atoms with E-state index in [0.29, 0.717) is 13.2 Å². The fourth-order valence-corrected chi connectivity index (χ4v) is 2.72. The van der Waals surface area contributed by atoms with Crippen molar-refractivity contribution >= 4 is 16.8 Å². The molecule has 2 rings (SSSR count). The molecule has 1 amide bonds. The van der Waals surface area contributed by atoms with E-state index in [2.05, 4.69) is 30.7 Å². The van der Waals surface area contributed by atoms with Gasteiger partial charge in [0, 0.05) is 49.0 Å². The van der Waals surface area contributed by atoms with Gasteiger partial charge in [0.1, 0.15) is 0 Å². The molecule has 0 fully saturated rings. The molecule has 0 bridgehead atoms. The van der Waals surface area contributed by atoms with Gasteiger partial charge in [-0.1, -0.05) is 0 Å². The topological polar surface area (TPSA) is 43.3 Å². The van der Waals surface area contributed by atoms with E-state index in [4.69, 9.17) is 4.74 Å². The van der Waals surface area contributed by atoms with Crippen molar-refractivity contribution in [3.05, 3.63) is 35.0 Å². The van der Waals surface area contributed by atoms with Gasteiger partial charge in [-0.2, -0.15) is 0 Å². The van der Waals surface area contributed by atoms with Gasteiger partial charge in [-0.25, -0.2) is 0 Å². The van der Waals surface area contributed by atoms with Gasteiger partial charge < -0.3 is 14.6 Å². The van der Waals surface area contributed by atoms with Crippen molar-refractivity contribution in [3.8, 4) is 0 Å². The highest BCUT2D eigenvalue weighted by Crippen LogP contribution is 2.26. The minimum atomic E-state index is -0.0192. The Morgan fingerprint density at radius 1 is 1.33 bits per heavy atom. The molecule has 0 aliphatic heterocycles. The number of ether oxygens (including phenoxy) is 1. The molecule has 2 aromatic rings. The quantitative estimate of drug-likeness (QED) is 0.830. The summed E-state index contributed by atoms with van der Waals surface area (Å²) in [5.41, 5.74) is 4.44. The summed E-state index contributed by atoms with van der Waals surface area (Å²) in [6.07, 6.45) is 0.828. The van der Waals surface area contributed by atoms with E-state index in [-0.39, 0.29) is 5.91 Å². The number of carbonyl (C=O) groups excluding carboxylic acids is 1. The number of hydrogen-bond acceptors (Lipinski definition) is 2. The Balaban J connectivity index is 2.23. The molecule has 0 saturated carbocycles. The maximum absolute atomic E-state index is 12.2. The molecule has 21 heavy (non-hydrogen) atoms. The highest BCUT2D eigenvalue weighted by atomic mass is 16.5. The number of methoxy groups -OCH3 is 1. The minimum Gasteiger partial charge on any atom is -0.385 e. The Labute approximate surface area is 126 Å². The van der Waals surface area contributed by atoms with Crippen LogP contribution in [0.4, 0.5) is 0 Å². The average molecular weight is 288 g/mol. The molecular formula is C17H24N2O2. The normalized spacial score (nSPS) is 11.0. The molecule has 1 aromatic carbocycles. The lowest BCUT2D eigenvalue weighted by atomic mass is 10.1. The summed E-state index contributed by atoms with van der Waals surface area (Å²) in [6, 6.07) is 5.94. The van der Waals surface area contributed by atoms with Gasteiger partial charge in [-0.05, 0) is 51.0 Å². The van der Waals surface area contributed by atoms with Crippen LogP contribution in [0.2, 0.25) is 0 Å². The molecule has 0 atom stereocenters. The number of benzene rings is 1. The second kappa shape index (κ2) is 6.76. The average Bonchev–Trinajstić information content (AvgIpc) is 2.74. The van der Waals surface area contributed by atoms with Crippen LogP contribution in [0.3, 0.4) is 0 Å². The lowest BCUT2D eigenvalue weighted by molar-refractivity contribution is 0.0949. The van der Waals surface area contributed by atoms with Crippen LogP contribution in [0.15, 0.2) is 18.2 Å². The number of nitrogens with zero attached hydrogens (tertiary/aromatic N) is 1. The fraction of sp³-hybridized carbons (Fsp3) is 0.471. The number of hydrogen-bond donors (Lipinski definition) is 1. The smallest absolute Gasteiger partial charge is 0.251 e. The maximum atomic E-state index is 12.2. The number of rotatable bonds is 6. The first-order valence-corrected chi connectivity index (χ1v) is 7.46. The zero-order chi connectivity index (χ0) is 15.4. The molecule has 0 spiro atoms. The van der Waals surface area contributed by atoms with Gasteiger partial charge in [-0.3, -0.25) is 4.79 Å². The third kappa shape index (κ3) is 3.10. The fourth-order valence-electron chi connectivity index (χ4n) is 2.72. The molecule has 114 valence electrons. The summed E-state index contributed by atoms with van der Waals surface area (Å²) in [4.78, 5) is 12.2. The molecule has 0 unspecified atom stereocenters. The molecule has 0 radical (unpaired) electrons. The zero-order valence-electron chi connectivity index (χ0n) is 13.3. The Hall–Kier alpha value is -1.81. The van der Waals surface area contributed by atoms with Crippen LogP contribution in [0.5, 0.6) is 0 Å². The maximum Gasteiger partial charge on any atom is 0.251 e. The summed E-state index contributed by atoms with van der Waals surface area (Å²) in [5, 5.41) is 4.09. The summed E-state index contributed by atoms with van der Waals surface area (Å²) >= 11 is 0. The predicted molar refractivity (Wildman–Crippen MR) is 85.9 cm³/mol. The molecule has 4 nitrogen and oxygen atoms in total. The van der Waals surface area contributed by atoms with Crippen molar-refractivity contribution in [2.24, 2.45) is 0 Å². The van der Waals surface area contributed by atoms with E-state index >= 15 is 0 Å². The summed E-state index contributed by atoms with van der Waals surface area (Å²) < 4.78 is 7.26. The zero-order valence-corrected chi connectivity index (χ0v) is 13.3. The van der Waals surface area contributed by atoms with Crippen LogP contribution in [0.1, 0.15) is 35.0 Å². The molecule has 1 aromatic heterocycles. The number of aromatic nitrogens is 1. The number of amides is 1. The number of aryl methyl sites for hydroxylation is 2. The second-order valence-electron chi connectivity index (χ2n) is 5.29. The molecular weight excluding hydrogens is 264 g/mol. The first-order chi connectivity index (χ1) is 10.1. The summed E-state index contributed by atoms with van der Waals surface area (Å²) in [5.74, 6) is -0.0192. The van der Waals surface area contributed by atoms with E-state index in [1.54, 1.807) is 7.11 Å². The van der Waals surface area contributed by atoms with E-state index in [9.17, 15) is 4.79 Å². The van der Waals surface area contributed by atoms with E-state index in [0.717, 1.165) is 18.5 Å². The van der Waals surface area contributed by atoms with Crippen LogP contribution in [-0.2, 0) is 11.3 Å². The van der Waals surface area contributed by atoms with Crippen molar-refractivity contribution in [2.75, 3.05) is 20.3 Å². The highest BCUT2D eigenvalue weighted by molar-refractivity contribution is 5.99. The van der Waals surface area contributed by atoms with Crippen molar-refractivity contribution in [3.63, 3.8) is 0 Å². The van der Waals surface area contributed by atoms with Crippen molar-refractivity contribution in [1.29, 1.82) is 0 Å². The Morgan fingerprint density at radius 2 is 2.10 bits per heavy atom. The third-order valence-corrected chi connectivity index (χ3v) is 4.03. The lowest BCUT2D eigenvalue weighted by Crippen LogP contribution is -2.25. The SMILES string of the molecule is CCn1c(C)c(C)c2cc(C(=O)NCCCOC)ccc21. The van der Waals surface area contributed by atoms with E-state index < -0.39 is 0 Å². The van der Waals surface area contributed by atoms with Gasteiger partial charge in [0.25, 0.3) is 5.91 Å². The van der Waals surface area contributed by atoms with Gasteiger partial charge in [0.2, 0.25) is 0 Å². The molecule has 4 heteroatoms. The Bertz CT molecular complexity index is 644. The van der Waals surface area contributed by atoms with Crippen molar-refractivity contribution in [2.45, 2.75) is 33.7 Å². The lowest BCUT2D eigenvalue weighted by Gasteiger charge is -2.06. The van der Waals surface area contributed by atoms with Gasteiger partial charge >= 0.3 is 0 Å². The molecule has 1 N–H and O–H groups in total. The predicted octanol–water partition coefficient (Wildman–Crippen LogP) is 3.04. The molecule has 0 aliphatic rings. The van der Waals surface area contributed by atoms with Crippen LogP contribution in [-0.4, -0.2) is 30.7 Å². The van der Waals surface area contributed by atoms with Crippen LogP contribution in [0, 0.1) is 13.8 Å². The first-order valence-electron chi connectivity index (χ1n) is 7.46. The van der Waals surface area contributed by atoms with Gasteiger partial charge in [0.15, 0.2) is 0 Å². The standard InChI is InChI=1S/C17H24N2O2/c1-5-19-13(3)12(2)15-11-14(7-8-16(15)19)17(20)18-9-6-10-21-4/h7-8,11H,5-6,9-10H2,1-4H3,(H,18,20). The van der Waals surface area contributed by atoms with Gasteiger partial charge in [0.05, 0.1) is 0 Å². The Morgan fingerprint density at radius 3 is 2.76 bits per heavy atom.